The van der Waals surface area contributed by atoms with E-state index in [1.165, 1.54) is 6.07 Å². The van der Waals surface area contributed by atoms with Crippen LogP contribution in [0, 0.1) is 24.0 Å². The quantitative estimate of drug-likeness (QED) is 0.473. The zero-order chi connectivity index (χ0) is 16.2. The SMILES string of the molecule is Cc1cc(C)c([N+](=O)[O-])cc1OCCC(=O)OC(C)(C)C. The van der Waals surface area contributed by atoms with Crippen molar-refractivity contribution < 1.29 is 19.2 Å². The van der Waals surface area contributed by atoms with Gasteiger partial charge in [-0.1, -0.05) is 0 Å². The van der Waals surface area contributed by atoms with Gasteiger partial charge in [-0.3, -0.25) is 14.9 Å². The first kappa shape index (κ1) is 16.9. The Morgan fingerprint density at radius 2 is 1.86 bits per heavy atom. The maximum absolute atomic E-state index is 11.6. The summed E-state index contributed by atoms with van der Waals surface area (Å²) in [4.78, 5) is 22.0. The number of hydrogen-bond donors (Lipinski definition) is 0. The first-order chi connectivity index (χ1) is 9.60. The van der Waals surface area contributed by atoms with Gasteiger partial charge < -0.3 is 9.47 Å². The Bertz CT molecular complexity index is 546. The van der Waals surface area contributed by atoms with Crippen LogP contribution in [0.2, 0.25) is 0 Å². The van der Waals surface area contributed by atoms with Crippen LogP contribution in [0.3, 0.4) is 0 Å². The minimum atomic E-state index is -0.532. The molecule has 21 heavy (non-hydrogen) atoms. The number of nitro groups is 1. The highest BCUT2D eigenvalue weighted by atomic mass is 16.6. The molecular formula is C15H21NO5. The first-order valence-corrected chi connectivity index (χ1v) is 6.70. The zero-order valence-electron chi connectivity index (χ0n) is 13.1. The van der Waals surface area contributed by atoms with Gasteiger partial charge in [-0.05, 0) is 46.2 Å². The van der Waals surface area contributed by atoms with E-state index in [0.717, 1.165) is 5.56 Å². The number of nitro benzene ring substituents is 1. The zero-order valence-corrected chi connectivity index (χ0v) is 13.1. The topological polar surface area (TPSA) is 78.7 Å². The first-order valence-electron chi connectivity index (χ1n) is 6.70. The Hall–Kier alpha value is -2.11. The molecule has 0 aliphatic carbocycles. The van der Waals surface area contributed by atoms with Crippen LogP contribution < -0.4 is 4.74 Å². The Labute approximate surface area is 124 Å². The van der Waals surface area contributed by atoms with Crippen LogP contribution in [0.4, 0.5) is 5.69 Å². The fourth-order valence-corrected chi connectivity index (χ4v) is 1.81. The van der Waals surface area contributed by atoms with Gasteiger partial charge in [0, 0.05) is 5.56 Å². The fourth-order valence-electron chi connectivity index (χ4n) is 1.81. The lowest BCUT2D eigenvalue weighted by Crippen LogP contribution is -2.24. The number of nitrogens with zero attached hydrogens (tertiary/aromatic N) is 1. The van der Waals surface area contributed by atoms with Crippen molar-refractivity contribution in [3.05, 3.63) is 33.4 Å². The van der Waals surface area contributed by atoms with E-state index < -0.39 is 10.5 Å². The van der Waals surface area contributed by atoms with Crippen molar-refractivity contribution in [2.75, 3.05) is 6.61 Å². The second-order valence-corrected chi connectivity index (χ2v) is 5.85. The molecule has 1 aromatic rings. The van der Waals surface area contributed by atoms with Gasteiger partial charge >= 0.3 is 5.97 Å². The molecule has 0 radical (unpaired) electrons. The van der Waals surface area contributed by atoms with Gasteiger partial charge in [-0.15, -0.1) is 0 Å². The van der Waals surface area contributed by atoms with Crippen LogP contribution in [0.15, 0.2) is 12.1 Å². The number of benzene rings is 1. The molecule has 1 rings (SSSR count). The molecule has 0 aliphatic heterocycles. The molecule has 0 atom stereocenters. The molecule has 0 fully saturated rings. The second kappa shape index (κ2) is 6.56. The van der Waals surface area contributed by atoms with E-state index in [1.807, 2.05) is 0 Å². The Morgan fingerprint density at radius 1 is 1.24 bits per heavy atom. The highest BCUT2D eigenvalue weighted by Gasteiger charge is 2.17. The molecule has 0 aliphatic rings. The summed E-state index contributed by atoms with van der Waals surface area (Å²) >= 11 is 0. The molecule has 0 unspecified atom stereocenters. The van der Waals surface area contributed by atoms with Crippen LogP contribution in [0.25, 0.3) is 0 Å². The van der Waals surface area contributed by atoms with Crippen molar-refractivity contribution >= 4 is 11.7 Å². The monoisotopic (exact) mass is 295 g/mol. The molecule has 0 N–H and O–H groups in total. The highest BCUT2D eigenvalue weighted by molar-refractivity contribution is 5.70. The summed E-state index contributed by atoms with van der Waals surface area (Å²) in [6, 6.07) is 3.08. The van der Waals surface area contributed by atoms with E-state index in [2.05, 4.69) is 0 Å². The van der Waals surface area contributed by atoms with Crippen LogP contribution in [0.1, 0.15) is 38.3 Å². The number of carbonyl (C=O) groups is 1. The van der Waals surface area contributed by atoms with Crippen LogP contribution in [-0.4, -0.2) is 23.1 Å². The molecule has 0 aromatic heterocycles. The van der Waals surface area contributed by atoms with Crippen LogP contribution in [-0.2, 0) is 9.53 Å². The third-order valence-corrected chi connectivity index (χ3v) is 2.67. The normalized spacial score (nSPS) is 11.1. The number of hydrogen-bond acceptors (Lipinski definition) is 5. The van der Waals surface area contributed by atoms with E-state index in [1.54, 1.807) is 40.7 Å². The number of ether oxygens (including phenoxy) is 2. The summed E-state index contributed by atoms with van der Waals surface area (Å²) in [5.74, 6) is 0.0534. The lowest BCUT2D eigenvalue weighted by atomic mass is 10.1. The van der Waals surface area contributed by atoms with E-state index in [0.29, 0.717) is 11.3 Å². The van der Waals surface area contributed by atoms with Crippen molar-refractivity contribution in [2.45, 2.75) is 46.6 Å². The number of esters is 1. The standard InChI is InChI=1S/C15H21NO5/c1-10-8-11(2)13(9-12(10)16(18)19)20-7-6-14(17)21-15(3,4)5/h8-9H,6-7H2,1-5H3. The molecule has 0 amide bonds. The maximum Gasteiger partial charge on any atom is 0.309 e. The van der Waals surface area contributed by atoms with Gasteiger partial charge in [0.2, 0.25) is 0 Å². The van der Waals surface area contributed by atoms with Gasteiger partial charge in [0.15, 0.2) is 0 Å². The molecule has 0 saturated heterocycles. The van der Waals surface area contributed by atoms with E-state index in [-0.39, 0.29) is 24.7 Å². The molecule has 0 saturated carbocycles. The predicted molar refractivity (Wildman–Crippen MR) is 78.5 cm³/mol. The summed E-state index contributed by atoms with van der Waals surface area (Å²) in [5, 5.41) is 10.9. The molecule has 6 nitrogen and oxygen atoms in total. The van der Waals surface area contributed by atoms with Gasteiger partial charge in [0.05, 0.1) is 24.0 Å². The molecule has 0 bridgehead atoms. The third kappa shape index (κ3) is 5.41. The Balaban J connectivity index is 2.66. The van der Waals surface area contributed by atoms with Gasteiger partial charge in [0.25, 0.3) is 5.69 Å². The molecule has 6 heteroatoms. The number of aryl methyl sites for hydroxylation is 2. The van der Waals surface area contributed by atoms with Gasteiger partial charge in [-0.25, -0.2) is 0 Å². The number of carbonyl (C=O) groups excluding carboxylic acids is 1. The Morgan fingerprint density at radius 3 is 2.38 bits per heavy atom. The molecule has 1 aromatic carbocycles. The number of rotatable bonds is 5. The third-order valence-electron chi connectivity index (χ3n) is 2.67. The summed E-state index contributed by atoms with van der Waals surface area (Å²) in [6.45, 7) is 8.98. The smallest absolute Gasteiger partial charge is 0.309 e. The lowest BCUT2D eigenvalue weighted by molar-refractivity contribution is -0.385. The largest absolute Gasteiger partial charge is 0.492 e. The second-order valence-electron chi connectivity index (χ2n) is 5.85. The lowest BCUT2D eigenvalue weighted by Gasteiger charge is -2.19. The highest BCUT2D eigenvalue weighted by Crippen LogP contribution is 2.28. The minimum absolute atomic E-state index is 0.00729. The Kier molecular flexibility index (Phi) is 5.29. The van der Waals surface area contributed by atoms with E-state index >= 15 is 0 Å². The summed E-state index contributed by atoms with van der Waals surface area (Å²) in [5.41, 5.74) is 0.850. The van der Waals surface area contributed by atoms with Crippen LogP contribution >= 0.6 is 0 Å². The molecular weight excluding hydrogens is 274 g/mol. The molecule has 0 spiro atoms. The summed E-state index contributed by atoms with van der Waals surface area (Å²) in [7, 11) is 0. The minimum Gasteiger partial charge on any atom is -0.492 e. The average molecular weight is 295 g/mol. The van der Waals surface area contributed by atoms with Crippen molar-refractivity contribution in [1.29, 1.82) is 0 Å². The van der Waals surface area contributed by atoms with Gasteiger partial charge in [0.1, 0.15) is 11.4 Å². The van der Waals surface area contributed by atoms with E-state index in [4.69, 9.17) is 9.47 Å². The van der Waals surface area contributed by atoms with Crippen LogP contribution in [0.5, 0.6) is 5.75 Å². The van der Waals surface area contributed by atoms with Crippen molar-refractivity contribution in [1.82, 2.24) is 0 Å². The molecule has 0 heterocycles. The predicted octanol–water partition coefficient (Wildman–Crippen LogP) is 3.32. The van der Waals surface area contributed by atoms with Crippen molar-refractivity contribution in [3.8, 4) is 5.75 Å². The maximum atomic E-state index is 11.6. The summed E-state index contributed by atoms with van der Waals surface area (Å²) < 4.78 is 10.6. The van der Waals surface area contributed by atoms with Gasteiger partial charge in [-0.2, -0.15) is 0 Å². The summed E-state index contributed by atoms with van der Waals surface area (Å²) in [6.07, 6.45) is 0.0956. The van der Waals surface area contributed by atoms with Crippen molar-refractivity contribution in [2.24, 2.45) is 0 Å². The molecule has 116 valence electrons. The fraction of sp³-hybridized carbons (Fsp3) is 0.533. The van der Waals surface area contributed by atoms with E-state index in [9.17, 15) is 14.9 Å². The van der Waals surface area contributed by atoms with Crippen molar-refractivity contribution in [3.63, 3.8) is 0 Å². The average Bonchev–Trinajstić information content (AvgIpc) is 2.28.